The van der Waals surface area contributed by atoms with Crippen molar-refractivity contribution in [1.82, 2.24) is 9.80 Å². The molecule has 0 amide bonds. The summed E-state index contributed by atoms with van der Waals surface area (Å²) >= 11 is 0. The highest BCUT2D eigenvalue weighted by atomic mass is 16.8. The number of likely N-dealkylation sites (tertiary alicyclic amines) is 2. The number of ether oxygens (including phenoxy) is 4. The van der Waals surface area contributed by atoms with Crippen molar-refractivity contribution in [2.75, 3.05) is 34.3 Å². The van der Waals surface area contributed by atoms with Crippen LogP contribution in [0.25, 0.3) is 0 Å². The summed E-state index contributed by atoms with van der Waals surface area (Å²) in [5.41, 5.74) is 2.83. The molecule has 0 aromatic heterocycles. The lowest BCUT2D eigenvalue weighted by Crippen LogP contribution is -2.76. The lowest BCUT2D eigenvalue weighted by Gasteiger charge is -2.62. The van der Waals surface area contributed by atoms with E-state index in [4.69, 9.17) is 23.8 Å². The van der Waals surface area contributed by atoms with Gasteiger partial charge in [-0.3, -0.25) is 4.84 Å². The molecule has 8 aliphatic rings. The fourth-order valence-electron chi connectivity index (χ4n) is 11.3. The Morgan fingerprint density at radius 3 is 2.64 bits per heavy atom. The van der Waals surface area contributed by atoms with Crippen LogP contribution >= 0.6 is 0 Å². The van der Waals surface area contributed by atoms with Crippen molar-refractivity contribution in [3.63, 3.8) is 0 Å². The molecule has 3 unspecified atom stereocenters. The average molecular weight is 642 g/mol. The minimum absolute atomic E-state index is 0.0580. The number of carbonyl (C=O) groups is 1. The monoisotopic (exact) mass is 641 g/mol. The number of piperidine rings is 2. The topological polar surface area (TPSA) is 123 Å². The van der Waals surface area contributed by atoms with Gasteiger partial charge in [-0.25, -0.2) is 4.79 Å². The van der Waals surface area contributed by atoms with Crippen molar-refractivity contribution in [3.8, 4) is 23.0 Å². The van der Waals surface area contributed by atoms with Gasteiger partial charge in [-0.1, -0.05) is 23.4 Å². The Hall–Kier alpha value is -3.80. The van der Waals surface area contributed by atoms with Gasteiger partial charge in [0.2, 0.25) is 0 Å². The van der Waals surface area contributed by atoms with Crippen molar-refractivity contribution in [3.05, 3.63) is 58.7 Å². The first-order valence-corrected chi connectivity index (χ1v) is 16.9. The Morgan fingerprint density at radius 1 is 0.979 bits per heavy atom. The van der Waals surface area contributed by atoms with Crippen LogP contribution in [0.2, 0.25) is 0 Å². The van der Waals surface area contributed by atoms with E-state index in [0.29, 0.717) is 48.3 Å². The van der Waals surface area contributed by atoms with Crippen molar-refractivity contribution < 1.29 is 38.8 Å². The highest BCUT2D eigenvalue weighted by Crippen LogP contribution is 2.65. The molecule has 11 nitrogen and oxygen atoms in total. The molecule has 2 N–H and O–H groups in total. The van der Waals surface area contributed by atoms with Crippen LogP contribution < -0.4 is 14.2 Å². The van der Waals surface area contributed by atoms with Crippen LogP contribution in [0, 0.1) is 5.92 Å². The molecule has 3 fully saturated rings. The van der Waals surface area contributed by atoms with E-state index in [0.717, 1.165) is 49.0 Å². The van der Waals surface area contributed by atoms with Crippen LogP contribution in [0.1, 0.15) is 47.9 Å². The summed E-state index contributed by atoms with van der Waals surface area (Å²) in [7, 11) is 5.86. The summed E-state index contributed by atoms with van der Waals surface area (Å²) in [5.74, 6) is 2.08. The summed E-state index contributed by atoms with van der Waals surface area (Å²) in [5, 5.41) is 27.7. The second-order valence-electron chi connectivity index (χ2n) is 14.9. The van der Waals surface area contributed by atoms with Crippen LogP contribution in [0.5, 0.6) is 23.0 Å². The van der Waals surface area contributed by atoms with Crippen molar-refractivity contribution in [1.29, 1.82) is 0 Å². The highest BCUT2D eigenvalue weighted by molar-refractivity contribution is 5.94. The van der Waals surface area contributed by atoms with E-state index >= 15 is 0 Å². The van der Waals surface area contributed by atoms with Crippen LogP contribution in [-0.2, 0) is 33.2 Å². The minimum Gasteiger partial charge on any atom is -0.504 e. The number of aliphatic hydroxyl groups is 1. The molecule has 4 aliphatic carbocycles. The summed E-state index contributed by atoms with van der Waals surface area (Å²) in [6.07, 6.45) is 5.34. The number of oxime groups is 1. The normalized spacial score (nSPS) is 40.6. The Morgan fingerprint density at radius 2 is 1.79 bits per heavy atom. The van der Waals surface area contributed by atoms with E-state index in [1.165, 1.54) is 5.56 Å². The summed E-state index contributed by atoms with van der Waals surface area (Å²) in [6.45, 7) is 1.68. The van der Waals surface area contributed by atoms with E-state index in [2.05, 4.69) is 41.2 Å². The lowest BCUT2D eigenvalue weighted by molar-refractivity contribution is -0.161. The van der Waals surface area contributed by atoms with Gasteiger partial charge in [0.05, 0.1) is 23.8 Å². The molecule has 10 rings (SSSR count). The van der Waals surface area contributed by atoms with E-state index in [1.807, 2.05) is 18.2 Å². The standard InChI is InChI=1S/C36H39N3O8/c1-38-14-12-34-20-6-9-25(32(34)45-29-23(40)7-4-18(27(29)34)16-22(20)38)44-33(41)47-37-21-10-11-36(42)26-17-19-5-8-24(43-3)30-28(19)35(36,31(21)46-30)13-15-39(26)2/h4-9,20,22,25-26,31-32,40,42H,10-17H2,1-3H3/b37-21+/t20?,22?,25-,26?,31-,32-,34-,35-,36+/m0/s1. The van der Waals surface area contributed by atoms with Crippen LogP contribution in [-0.4, -0.2) is 102 Å². The molecule has 9 atom stereocenters. The highest BCUT2D eigenvalue weighted by Gasteiger charge is 2.72. The van der Waals surface area contributed by atoms with Gasteiger partial charge >= 0.3 is 6.16 Å². The van der Waals surface area contributed by atoms with Gasteiger partial charge in [0, 0.05) is 34.5 Å². The minimum atomic E-state index is -1.03. The molecular weight excluding hydrogens is 602 g/mol. The molecule has 4 bridgehead atoms. The van der Waals surface area contributed by atoms with Gasteiger partial charge in [-0.05, 0) is 95.0 Å². The zero-order valence-electron chi connectivity index (χ0n) is 26.8. The number of hydrogen-bond acceptors (Lipinski definition) is 11. The Labute approximate surface area is 272 Å². The number of likely N-dealkylation sites (N-methyl/N-ethyl adjacent to an activating group) is 2. The second kappa shape index (κ2) is 9.21. The first-order valence-electron chi connectivity index (χ1n) is 16.9. The SMILES string of the molecule is COc1ccc2c3c1O[C@H]1/C(=N/OC(=O)O[C@H]4C=CC5C6Cc7ccc(O)c8c7[C@@]5(CCN6C)[C@H]4O8)CC[C@@]4(O)C(C2)N(C)CC[C@]314. The van der Waals surface area contributed by atoms with Gasteiger partial charge in [-0.2, -0.15) is 0 Å². The second-order valence-corrected chi connectivity index (χ2v) is 14.9. The van der Waals surface area contributed by atoms with E-state index in [1.54, 1.807) is 13.2 Å². The third kappa shape index (κ3) is 3.23. The largest absolute Gasteiger partial charge is 0.535 e. The van der Waals surface area contributed by atoms with Gasteiger partial charge < -0.3 is 39.0 Å². The molecule has 11 heteroatoms. The van der Waals surface area contributed by atoms with Crippen molar-refractivity contribution in [2.45, 2.75) is 85.4 Å². The van der Waals surface area contributed by atoms with Crippen LogP contribution in [0.3, 0.4) is 0 Å². The Balaban J connectivity index is 0.957. The van der Waals surface area contributed by atoms with Crippen molar-refractivity contribution >= 4 is 11.9 Å². The average Bonchev–Trinajstić information content (AvgIpc) is 3.60. The van der Waals surface area contributed by atoms with Crippen molar-refractivity contribution in [2.24, 2.45) is 11.1 Å². The van der Waals surface area contributed by atoms with E-state index < -0.39 is 40.9 Å². The number of nitrogens with zero attached hydrogens (tertiary/aromatic N) is 3. The number of aromatic hydroxyl groups is 1. The summed E-state index contributed by atoms with van der Waals surface area (Å²) in [4.78, 5) is 23.6. The molecule has 4 heterocycles. The molecular formula is C36H39N3O8. The number of methoxy groups -OCH3 is 1. The molecule has 2 spiro atoms. The molecule has 246 valence electrons. The zero-order valence-corrected chi connectivity index (χ0v) is 26.8. The molecule has 1 saturated carbocycles. The first-order chi connectivity index (χ1) is 22.7. The van der Waals surface area contributed by atoms with Gasteiger partial charge in [0.25, 0.3) is 0 Å². The van der Waals surface area contributed by atoms with Crippen LogP contribution in [0.15, 0.2) is 41.6 Å². The lowest BCUT2D eigenvalue weighted by atomic mass is 9.49. The fraction of sp³-hybridized carbons (Fsp3) is 0.556. The van der Waals surface area contributed by atoms with Gasteiger partial charge in [0.1, 0.15) is 6.10 Å². The summed E-state index contributed by atoms with van der Waals surface area (Å²) in [6, 6.07) is 7.97. The number of phenols is 1. The summed E-state index contributed by atoms with van der Waals surface area (Å²) < 4.78 is 24.8. The third-order valence-corrected chi connectivity index (χ3v) is 13.4. The zero-order chi connectivity index (χ0) is 32.0. The Bertz CT molecular complexity index is 1810. The molecule has 4 aliphatic heterocycles. The van der Waals surface area contributed by atoms with Crippen LogP contribution in [0.4, 0.5) is 4.79 Å². The van der Waals surface area contributed by atoms with E-state index in [-0.39, 0.29) is 17.7 Å². The van der Waals surface area contributed by atoms with Gasteiger partial charge in [0.15, 0.2) is 35.2 Å². The molecule has 47 heavy (non-hydrogen) atoms. The first kappa shape index (κ1) is 28.2. The maximum Gasteiger partial charge on any atom is 0.535 e. The molecule has 0 radical (unpaired) electrons. The predicted molar refractivity (Wildman–Crippen MR) is 168 cm³/mol. The number of carbonyl (C=O) groups excluding carboxylic acids is 1. The molecule has 2 saturated heterocycles. The molecule has 2 aromatic rings. The number of phenolic OH excluding ortho intramolecular Hbond substituents is 1. The number of rotatable bonds is 3. The Kier molecular flexibility index (Phi) is 5.53. The quantitative estimate of drug-likeness (QED) is 0.224. The number of hydrogen-bond donors (Lipinski definition) is 2. The van der Waals surface area contributed by atoms with Gasteiger partial charge in [-0.15, -0.1) is 0 Å². The maximum absolute atomic E-state index is 13.4. The fourth-order valence-corrected chi connectivity index (χ4v) is 11.3. The smallest absolute Gasteiger partial charge is 0.504 e. The predicted octanol–water partition coefficient (Wildman–Crippen LogP) is 3.21. The molecule has 2 aromatic carbocycles. The number of benzene rings is 2. The maximum atomic E-state index is 13.4. The third-order valence-electron chi connectivity index (χ3n) is 13.4. The van der Waals surface area contributed by atoms with E-state index in [9.17, 15) is 15.0 Å².